The van der Waals surface area contributed by atoms with Gasteiger partial charge in [0.15, 0.2) is 15.0 Å². The number of fused-ring (bicyclic) bond motifs is 1. The zero-order chi connectivity index (χ0) is 20.3. The normalized spacial score (nSPS) is 11.4. The third kappa shape index (κ3) is 4.21. The summed E-state index contributed by atoms with van der Waals surface area (Å²) in [4.78, 5) is 19.4. The highest BCUT2D eigenvalue weighted by molar-refractivity contribution is 7.91. The zero-order valence-corrected chi connectivity index (χ0v) is 17.1. The molecule has 0 radical (unpaired) electrons. The fraction of sp³-hybridized carbons (Fsp3) is 0.0909. The molecular formula is C22H18N2O3S2. The highest BCUT2D eigenvalue weighted by Crippen LogP contribution is 2.34. The molecule has 0 aliphatic heterocycles. The second kappa shape index (κ2) is 8.14. The Labute approximate surface area is 173 Å². The summed E-state index contributed by atoms with van der Waals surface area (Å²) in [6.45, 7) is 0. The molecule has 0 atom stereocenters. The lowest BCUT2D eigenvalue weighted by Crippen LogP contribution is -2.27. The molecule has 7 heteroatoms. The van der Waals surface area contributed by atoms with Crippen LogP contribution in [0, 0.1) is 0 Å². The molecule has 0 unspecified atom stereocenters. The molecule has 146 valence electrons. The Balaban J connectivity index is 1.64. The fourth-order valence-corrected chi connectivity index (χ4v) is 5.23. The Kier molecular flexibility index (Phi) is 5.42. The van der Waals surface area contributed by atoms with Crippen LogP contribution >= 0.6 is 11.3 Å². The summed E-state index contributed by atoms with van der Waals surface area (Å²) >= 11 is 1.40. The summed E-state index contributed by atoms with van der Waals surface area (Å²) in [5.74, 6) is -0.570. The Morgan fingerprint density at radius 3 is 2.17 bits per heavy atom. The number of benzene rings is 3. The number of nitrogens with zero attached hydrogens (tertiary/aromatic N) is 2. The highest BCUT2D eigenvalue weighted by Gasteiger charge is 2.24. The minimum Gasteiger partial charge on any atom is -0.274 e. The molecule has 1 amide bonds. The maximum atomic E-state index is 13.1. The number of rotatable bonds is 6. The standard InChI is InChI=1S/C22H18N2O3S2/c25-21(15-16-29(26,27)18-11-5-2-6-12-18)24(17-9-3-1-4-10-17)22-23-19-13-7-8-14-20(19)28-22/h1-14H,15-16H2. The van der Waals surface area contributed by atoms with E-state index >= 15 is 0 Å². The molecule has 1 heterocycles. The quantitative estimate of drug-likeness (QED) is 0.447. The Bertz CT molecular complexity index is 1200. The molecule has 0 fully saturated rings. The number of thiazole rings is 1. The van der Waals surface area contributed by atoms with Crippen LogP contribution in [0.4, 0.5) is 10.8 Å². The van der Waals surface area contributed by atoms with Crippen molar-refractivity contribution in [1.29, 1.82) is 0 Å². The molecule has 4 rings (SSSR count). The summed E-state index contributed by atoms with van der Waals surface area (Å²) < 4.78 is 26.1. The summed E-state index contributed by atoms with van der Waals surface area (Å²) in [5, 5.41) is 0.527. The molecule has 0 spiro atoms. The van der Waals surface area contributed by atoms with Crippen molar-refractivity contribution >= 4 is 48.1 Å². The maximum absolute atomic E-state index is 13.1. The summed E-state index contributed by atoms with van der Waals surface area (Å²) in [6.07, 6.45) is -0.137. The van der Waals surface area contributed by atoms with Crippen LogP contribution in [-0.2, 0) is 14.6 Å². The minimum atomic E-state index is -3.54. The predicted molar refractivity (Wildman–Crippen MR) is 116 cm³/mol. The van der Waals surface area contributed by atoms with E-state index in [1.165, 1.54) is 16.2 Å². The number of hydrogen-bond acceptors (Lipinski definition) is 5. The van der Waals surface area contributed by atoms with Crippen molar-refractivity contribution < 1.29 is 13.2 Å². The molecule has 0 aliphatic carbocycles. The van der Waals surface area contributed by atoms with Crippen LogP contribution < -0.4 is 4.90 Å². The maximum Gasteiger partial charge on any atom is 0.234 e. The second-order valence-electron chi connectivity index (χ2n) is 6.41. The van der Waals surface area contributed by atoms with Gasteiger partial charge >= 0.3 is 0 Å². The predicted octanol–water partition coefficient (Wildman–Crippen LogP) is 4.83. The zero-order valence-electron chi connectivity index (χ0n) is 15.4. The van der Waals surface area contributed by atoms with Gasteiger partial charge in [-0.15, -0.1) is 0 Å². The van der Waals surface area contributed by atoms with Crippen LogP contribution in [0.5, 0.6) is 0 Å². The molecule has 29 heavy (non-hydrogen) atoms. The third-order valence-electron chi connectivity index (χ3n) is 4.42. The number of amides is 1. The van der Waals surface area contributed by atoms with E-state index in [0.29, 0.717) is 10.8 Å². The second-order valence-corrected chi connectivity index (χ2v) is 9.53. The van der Waals surface area contributed by atoms with Crippen LogP contribution in [0.1, 0.15) is 6.42 Å². The van der Waals surface area contributed by atoms with Gasteiger partial charge in [0.2, 0.25) is 5.91 Å². The van der Waals surface area contributed by atoms with Gasteiger partial charge in [0.05, 0.1) is 26.6 Å². The van der Waals surface area contributed by atoms with Crippen LogP contribution in [-0.4, -0.2) is 25.1 Å². The smallest absolute Gasteiger partial charge is 0.234 e. The topological polar surface area (TPSA) is 67.3 Å². The number of para-hydroxylation sites is 2. The van der Waals surface area contributed by atoms with Crippen molar-refractivity contribution in [2.45, 2.75) is 11.3 Å². The first kappa shape index (κ1) is 19.3. The number of hydrogen-bond donors (Lipinski definition) is 0. The van der Waals surface area contributed by atoms with Gasteiger partial charge in [0.25, 0.3) is 0 Å². The van der Waals surface area contributed by atoms with Crippen molar-refractivity contribution in [3.63, 3.8) is 0 Å². The lowest BCUT2D eigenvalue weighted by Gasteiger charge is -2.20. The van der Waals surface area contributed by atoms with Crippen molar-refractivity contribution in [3.8, 4) is 0 Å². The van der Waals surface area contributed by atoms with E-state index in [4.69, 9.17) is 0 Å². The number of aromatic nitrogens is 1. The van der Waals surface area contributed by atoms with Crippen molar-refractivity contribution in [2.24, 2.45) is 0 Å². The lowest BCUT2D eigenvalue weighted by atomic mass is 10.3. The van der Waals surface area contributed by atoms with E-state index in [1.807, 2.05) is 54.6 Å². The molecule has 5 nitrogen and oxygen atoms in total. The van der Waals surface area contributed by atoms with Gasteiger partial charge in [-0.25, -0.2) is 13.4 Å². The summed E-state index contributed by atoms with van der Waals surface area (Å²) in [6, 6.07) is 25.0. The van der Waals surface area contributed by atoms with E-state index in [1.54, 1.807) is 30.3 Å². The van der Waals surface area contributed by atoms with Crippen molar-refractivity contribution in [3.05, 3.63) is 84.9 Å². The van der Waals surface area contributed by atoms with E-state index in [0.717, 1.165) is 10.2 Å². The van der Waals surface area contributed by atoms with Crippen molar-refractivity contribution in [2.75, 3.05) is 10.7 Å². The van der Waals surface area contributed by atoms with Gasteiger partial charge in [0.1, 0.15) is 0 Å². The lowest BCUT2D eigenvalue weighted by molar-refractivity contribution is -0.117. The third-order valence-corrected chi connectivity index (χ3v) is 7.18. The van der Waals surface area contributed by atoms with Crippen LogP contribution in [0.25, 0.3) is 10.2 Å². The Hall–Kier alpha value is -3.03. The van der Waals surface area contributed by atoms with Gasteiger partial charge in [-0.2, -0.15) is 0 Å². The number of sulfone groups is 1. The molecule has 1 aromatic heterocycles. The first-order valence-electron chi connectivity index (χ1n) is 9.06. The van der Waals surface area contributed by atoms with Gasteiger partial charge in [-0.1, -0.05) is 59.9 Å². The van der Waals surface area contributed by atoms with Crippen LogP contribution in [0.3, 0.4) is 0 Å². The molecule has 0 aliphatic rings. The van der Waals surface area contributed by atoms with Gasteiger partial charge in [-0.3, -0.25) is 9.69 Å². The number of carbonyl (C=O) groups is 1. The monoisotopic (exact) mass is 422 g/mol. The molecule has 0 bridgehead atoms. The molecule has 4 aromatic rings. The first-order chi connectivity index (χ1) is 14.0. The van der Waals surface area contributed by atoms with Crippen LogP contribution in [0.15, 0.2) is 89.8 Å². The largest absolute Gasteiger partial charge is 0.274 e. The van der Waals surface area contributed by atoms with Gasteiger partial charge in [0, 0.05) is 6.42 Å². The van der Waals surface area contributed by atoms with E-state index in [2.05, 4.69) is 4.98 Å². The van der Waals surface area contributed by atoms with Gasteiger partial charge < -0.3 is 0 Å². The average Bonchev–Trinajstić information content (AvgIpc) is 3.17. The summed E-state index contributed by atoms with van der Waals surface area (Å²) in [5.41, 5.74) is 1.46. The fourth-order valence-electron chi connectivity index (χ4n) is 2.97. The average molecular weight is 423 g/mol. The molecule has 0 saturated carbocycles. The number of anilines is 2. The van der Waals surface area contributed by atoms with Gasteiger partial charge in [-0.05, 0) is 36.4 Å². The molecular weight excluding hydrogens is 404 g/mol. The summed E-state index contributed by atoms with van der Waals surface area (Å²) in [7, 11) is -3.54. The Morgan fingerprint density at radius 2 is 1.48 bits per heavy atom. The van der Waals surface area contributed by atoms with E-state index < -0.39 is 9.84 Å². The van der Waals surface area contributed by atoms with E-state index in [9.17, 15) is 13.2 Å². The SMILES string of the molecule is O=C(CCS(=O)(=O)c1ccccc1)N(c1ccccc1)c1nc2ccccc2s1. The molecule has 3 aromatic carbocycles. The van der Waals surface area contributed by atoms with E-state index in [-0.39, 0.29) is 23.0 Å². The number of carbonyl (C=O) groups excluding carboxylic acids is 1. The van der Waals surface area contributed by atoms with Crippen LogP contribution in [0.2, 0.25) is 0 Å². The Morgan fingerprint density at radius 1 is 0.862 bits per heavy atom. The minimum absolute atomic E-state index is 0.137. The molecule has 0 saturated heterocycles. The molecule has 0 N–H and O–H groups in total. The first-order valence-corrected chi connectivity index (χ1v) is 11.5. The highest BCUT2D eigenvalue weighted by atomic mass is 32.2. The van der Waals surface area contributed by atoms with Crippen molar-refractivity contribution in [1.82, 2.24) is 4.98 Å².